The van der Waals surface area contributed by atoms with Gasteiger partial charge in [0.15, 0.2) is 0 Å². The highest BCUT2D eigenvalue weighted by atomic mass is 16.5. The van der Waals surface area contributed by atoms with Crippen LogP contribution in [0, 0.1) is 0 Å². The molecule has 7 heteroatoms. The van der Waals surface area contributed by atoms with Crippen molar-refractivity contribution in [3.8, 4) is 11.4 Å². The van der Waals surface area contributed by atoms with Crippen LogP contribution < -0.4 is 0 Å². The Hall–Kier alpha value is -2.44. The number of aromatic nitrogens is 3. The molecule has 104 valence electrons. The molecule has 1 aliphatic rings. The smallest absolute Gasteiger partial charge is 0.407 e. The zero-order valence-electron chi connectivity index (χ0n) is 10.8. The number of nitrogens with zero attached hydrogens (tertiary/aromatic N) is 4. The molecular weight excluding hydrogens is 260 g/mol. The van der Waals surface area contributed by atoms with Gasteiger partial charge in [-0.15, -0.1) is 0 Å². The van der Waals surface area contributed by atoms with Crippen LogP contribution in [0.4, 0.5) is 4.79 Å². The number of likely N-dealkylation sites (tertiary alicyclic amines) is 1. The first-order chi connectivity index (χ1) is 9.74. The van der Waals surface area contributed by atoms with Gasteiger partial charge in [0.05, 0.1) is 0 Å². The van der Waals surface area contributed by atoms with E-state index in [1.807, 2.05) is 12.1 Å². The summed E-state index contributed by atoms with van der Waals surface area (Å²) in [7, 11) is 0. The topological polar surface area (TPSA) is 92.3 Å². The maximum Gasteiger partial charge on any atom is 0.407 e. The fraction of sp³-hybridized carbons (Fsp3) is 0.385. The first-order valence-electron chi connectivity index (χ1n) is 6.46. The van der Waals surface area contributed by atoms with E-state index >= 15 is 0 Å². The molecule has 0 bridgehead atoms. The Balaban J connectivity index is 1.71. The van der Waals surface area contributed by atoms with Crippen LogP contribution in [0.15, 0.2) is 29.0 Å². The van der Waals surface area contributed by atoms with Crippen LogP contribution in [0.25, 0.3) is 11.4 Å². The summed E-state index contributed by atoms with van der Waals surface area (Å²) in [6.45, 7) is 1.01. The third-order valence-corrected chi connectivity index (χ3v) is 3.48. The number of pyridine rings is 1. The van der Waals surface area contributed by atoms with Crippen molar-refractivity contribution in [2.75, 3.05) is 13.1 Å². The van der Waals surface area contributed by atoms with E-state index in [9.17, 15) is 4.79 Å². The van der Waals surface area contributed by atoms with Gasteiger partial charge in [0.25, 0.3) is 0 Å². The van der Waals surface area contributed by atoms with Crippen LogP contribution in [0.2, 0.25) is 0 Å². The lowest BCUT2D eigenvalue weighted by Gasteiger charge is -2.27. The average Bonchev–Trinajstić information content (AvgIpc) is 2.98. The summed E-state index contributed by atoms with van der Waals surface area (Å²) in [4.78, 5) is 20.7. The van der Waals surface area contributed by atoms with Crippen LogP contribution >= 0.6 is 0 Å². The molecular formula is C13H14N4O3. The maximum atomic E-state index is 10.9. The minimum absolute atomic E-state index is 0.128. The van der Waals surface area contributed by atoms with E-state index in [0.717, 1.165) is 5.56 Å². The van der Waals surface area contributed by atoms with Crippen molar-refractivity contribution in [3.63, 3.8) is 0 Å². The predicted molar refractivity (Wildman–Crippen MR) is 69.1 cm³/mol. The van der Waals surface area contributed by atoms with Crippen molar-refractivity contribution >= 4 is 6.09 Å². The molecule has 3 heterocycles. The first kappa shape index (κ1) is 12.6. The number of amides is 1. The van der Waals surface area contributed by atoms with E-state index in [4.69, 9.17) is 9.63 Å². The third kappa shape index (κ3) is 2.47. The van der Waals surface area contributed by atoms with Gasteiger partial charge in [-0.1, -0.05) is 5.16 Å². The molecule has 0 saturated carbocycles. The summed E-state index contributed by atoms with van der Waals surface area (Å²) in [6.07, 6.45) is 3.92. The number of hydrogen-bond donors (Lipinski definition) is 1. The Morgan fingerprint density at radius 1 is 1.40 bits per heavy atom. The largest absolute Gasteiger partial charge is 0.465 e. The van der Waals surface area contributed by atoms with Crippen molar-refractivity contribution < 1.29 is 14.4 Å². The van der Waals surface area contributed by atoms with Gasteiger partial charge < -0.3 is 14.5 Å². The Labute approximate surface area is 115 Å². The van der Waals surface area contributed by atoms with E-state index in [1.165, 1.54) is 4.90 Å². The molecule has 0 radical (unpaired) electrons. The molecule has 3 rings (SSSR count). The SMILES string of the molecule is O=C(O)N1CCC(c2nc(-c3cccnc3)no2)CC1. The summed E-state index contributed by atoms with van der Waals surface area (Å²) in [6, 6.07) is 3.69. The van der Waals surface area contributed by atoms with Crippen molar-refractivity contribution in [3.05, 3.63) is 30.4 Å². The third-order valence-electron chi connectivity index (χ3n) is 3.48. The second kappa shape index (κ2) is 5.28. The number of carboxylic acid groups (broad SMARTS) is 1. The molecule has 1 aliphatic heterocycles. The molecule has 0 aromatic carbocycles. The van der Waals surface area contributed by atoms with E-state index < -0.39 is 6.09 Å². The molecule has 1 N–H and O–H groups in total. The lowest BCUT2D eigenvalue weighted by molar-refractivity contribution is 0.128. The van der Waals surface area contributed by atoms with Crippen LogP contribution in [0.3, 0.4) is 0 Å². The van der Waals surface area contributed by atoms with E-state index in [2.05, 4.69) is 15.1 Å². The number of piperidine rings is 1. The van der Waals surface area contributed by atoms with Gasteiger partial charge in [0.2, 0.25) is 11.7 Å². The van der Waals surface area contributed by atoms with Gasteiger partial charge in [0.1, 0.15) is 0 Å². The number of carbonyl (C=O) groups is 1. The van der Waals surface area contributed by atoms with Gasteiger partial charge in [-0.2, -0.15) is 4.98 Å². The molecule has 2 aromatic rings. The Bertz CT molecular complexity index is 591. The maximum absolute atomic E-state index is 10.9. The predicted octanol–water partition coefficient (Wildman–Crippen LogP) is 1.99. The molecule has 20 heavy (non-hydrogen) atoms. The standard InChI is InChI=1S/C13H14N4O3/c18-13(19)17-6-3-9(4-7-17)12-15-11(16-20-12)10-2-1-5-14-8-10/h1-2,5,8-9H,3-4,6-7H2,(H,18,19). The van der Waals surface area contributed by atoms with E-state index in [-0.39, 0.29) is 5.92 Å². The second-order valence-electron chi connectivity index (χ2n) is 4.74. The van der Waals surface area contributed by atoms with Crippen LogP contribution in [-0.4, -0.2) is 44.3 Å². The number of hydrogen-bond acceptors (Lipinski definition) is 5. The van der Waals surface area contributed by atoms with Crippen molar-refractivity contribution in [1.29, 1.82) is 0 Å². The molecule has 1 amide bonds. The van der Waals surface area contributed by atoms with Crippen LogP contribution in [0.5, 0.6) is 0 Å². The molecule has 0 unspecified atom stereocenters. The van der Waals surface area contributed by atoms with Crippen LogP contribution in [-0.2, 0) is 0 Å². The normalized spacial score (nSPS) is 16.3. The highest BCUT2D eigenvalue weighted by Crippen LogP contribution is 2.28. The quantitative estimate of drug-likeness (QED) is 0.900. The van der Waals surface area contributed by atoms with Crippen LogP contribution in [0.1, 0.15) is 24.7 Å². The fourth-order valence-electron chi connectivity index (χ4n) is 2.33. The molecule has 0 aliphatic carbocycles. The Morgan fingerprint density at radius 3 is 2.85 bits per heavy atom. The second-order valence-corrected chi connectivity index (χ2v) is 4.74. The average molecular weight is 274 g/mol. The highest BCUT2D eigenvalue weighted by Gasteiger charge is 2.27. The summed E-state index contributed by atoms with van der Waals surface area (Å²) in [5.41, 5.74) is 0.811. The van der Waals surface area contributed by atoms with E-state index in [0.29, 0.717) is 37.6 Å². The lowest BCUT2D eigenvalue weighted by atomic mass is 9.97. The molecule has 0 spiro atoms. The van der Waals surface area contributed by atoms with Gasteiger partial charge in [0, 0.05) is 37.0 Å². The Morgan fingerprint density at radius 2 is 2.20 bits per heavy atom. The summed E-state index contributed by atoms with van der Waals surface area (Å²) < 4.78 is 5.30. The highest BCUT2D eigenvalue weighted by molar-refractivity contribution is 5.65. The Kier molecular flexibility index (Phi) is 3.32. The van der Waals surface area contributed by atoms with Gasteiger partial charge in [-0.25, -0.2) is 4.79 Å². The molecule has 1 fully saturated rings. The molecule has 7 nitrogen and oxygen atoms in total. The van der Waals surface area contributed by atoms with Crippen molar-refractivity contribution in [1.82, 2.24) is 20.0 Å². The fourth-order valence-corrected chi connectivity index (χ4v) is 2.33. The van der Waals surface area contributed by atoms with E-state index in [1.54, 1.807) is 12.4 Å². The van der Waals surface area contributed by atoms with Gasteiger partial charge in [-0.05, 0) is 25.0 Å². The lowest BCUT2D eigenvalue weighted by Crippen LogP contribution is -2.36. The zero-order valence-corrected chi connectivity index (χ0v) is 10.8. The minimum atomic E-state index is -0.870. The summed E-state index contributed by atoms with van der Waals surface area (Å²) in [5.74, 6) is 1.23. The van der Waals surface area contributed by atoms with Gasteiger partial charge in [-0.3, -0.25) is 4.98 Å². The molecule has 0 atom stereocenters. The first-order valence-corrected chi connectivity index (χ1v) is 6.46. The van der Waals surface area contributed by atoms with Crippen molar-refractivity contribution in [2.24, 2.45) is 0 Å². The van der Waals surface area contributed by atoms with Crippen molar-refractivity contribution in [2.45, 2.75) is 18.8 Å². The number of rotatable bonds is 2. The summed E-state index contributed by atoms with van der Waals surface area (Å²) >= 11 is 0. The minimum Gasteiger partial charge on any atom is -0.465 e. The summed E-state index contributed by atoms with van der Waals surface area (Å²) in [5, 5.41) is 12.9. The zero-order chi connectivity index (χ0) is 13.9. The molecule has 1 saturated heterocycles. The monoisotopic (exact) mass is 274 g/mol. The molecule has 2 aromatic heterocycles. The van der Waals surface area contributed by atoms with Gasteiger partial charge >= 0.3 is 6.09 Å².